The first-order chi connectivity index (χ1) is 21.2. The zero-order chi connectivity index (χ0) is 32.5. The van der Waals surface area contributed by atoms with Crippen LogP contribution in [0.15, 0.2) is 71.1 Å². The number of hydrogen-bond donors (Lipinski definition) is 5. The molecule has 0 spiro atoms. The molecule has 9 nitrogen and oxygen atoms in total. The highest BCUT2D eigenvalue weighted by molar-refractivity contribution is 6.08. The second-order valence-corrected chi connectivity index (χ2v) is 13.6. The van der Waals surface area contributed by atoms with Gasteiger partial charge in [-0.05, 0) is 94.3 Å². The highest BCUT2D eigenvalue weighted by atomic mass is 16.3. The lowest BCUT2D eigenvalue weighted by molar-refractivity contribution is -0.139. The summed E-state index contributed by atoms with van der Waals surface area (Å²) in [5, 5.41) is 45.6. The van der Waals surface area contributed by atoms with Crippen molar-refractivity contribution in [3.8, 4) is 5.75 Å². The molecule has 1 aliphatic heterocycles. The van der Waals surface area contributed by atoms with Crippen molar-refractivity contribution in [3.05, 3.63) is 87.8 Å². The summed E-state index contributed by atoms with van der Waals surface area (Å²) in [6.07, 6.45) is 14.5. The van der Waals surface area contributed by atoms with Crippen LogP contribution in [0.5, 0.6) is 5.75 Å². The van der Waals surface area contributed by atoms with E-state index in [1.807, 2.05) is 6.07 Å². The number of benzene rings is 1. The Labute approximate surface area is 264 Å². The van der Waals surface area contributed by atoms with E-state index in [2.05, 4.69) is 55.2 Å². The summed E-state index contributed by atoms with van der Waals surface area (Å²) in [5.41, 5.74) is 7.27. The number of carbonyl (C=O) groups is 2. The number of nitrogens with zero attached hydrogens (tertiary/aromatic N) is 2. The number of carbonyl (C=O) groups excluding carboxylic acids is 2. The fraction of sp³-hybridized carbons (Fsp3) is 0.444. The predicted molar refractivity (Wildman–Crippen MR) is 173 cm³/mol. The van der Waals surface area contributed by atoms with E-state index in [1.165, 1.54) is 12.5 Å². The number of fused-ring (bicyclic) bond motifs is 3. The normalized spacial score (nSPS) is 33.1. The number of Topliss-reactive ketones (excluding diaryl/α,β-unsaturated/α-hetero) is 1. The molecule has 1 saturated carbocycles. The number of likely N-dealkylation sites (N-methyl/N-ethyl adjacent to an activating group) is 1. The number of primary amides is 1. The van der Waals surface area contributed by atoms with Gasteiger partial charge in [-0.2, -0.15) is 0 Å². The molecule has 6 rings (SSSR count). The molecule has 0 saturated heterocycles. The van der Waals surface area contributed by atoms with Gasteiger partial charge in [-0.1, -0.05) is 42.5 Å². The molecule has 5 aliphatic rings. The van der Waals surface area contributed by atoms with Crippen LogP contribution in [0.4, 0.5) is 0 Å². The van der Waals surface area contributed by atoms with Crippen molar-refractivity contribution >= 4 is 23.0 Å². The number of allylic oxidation sites excluding steroid dienone is 5. The first kappa shape index (κ1) is 31.1. The average Bonchev–Trinajstić information content (AvgIpc) is 3.11. The van der Waals surface area contributed by atoms with Crippen LogP contribution < -0.4 is 5.73 Å². The fourth-order valence-electron chi connectivity index (χ4n) is 8.57. The third-order valence-electron chi connectivity index (χ3n) is 10.6. The fourth-order valence-corrected chi connectivity index (χ4v) is 8.57. The number of nitrogens with two attached hydrogens (primary N) is 1. The maximum Gasteiger partial charge on any atom is 0.251 e. The number of hydrogen-bond acceptors (Lipinski definition) is 8. The van der Waals surface area contributed by atoms with E-state index in [1.54, 1.807) is 25.1 Å². The Morgan fingerprint density at radius 2 is 1.82 bits per heavy atom. The van der Waals surface area contributed by atoms with Gasteiger partial charge in [0, 0.05) is 24.2 Å². The van der Waals surface area contributed by atoms with Crippen LogP contribution in [0.3, 0.4) is 0 Å². The van der Waals surface area contributed by atoms with Crippen molar-refractivity contribution in [1.29, 1.82) is 0 Å². The quantitative estimate of drug-likeness (QED) is 0.314. The third kappa shape index (κ3) is 4.88. The summed E-state index contributed by atoms with van der Waals surface area (Å²) >= 11 is 0. The summed E-state index contributed by atoms with van der Waals surface area (Å²) < 4.78 is 0. The van der Waals surface area contributed by atoms with Gasteiger partial charge in [0.25, 0.3) is 5.91 Å². The molecule has 238 valence electrons. The van der Waals surface area contributed by atoms with Gasteiger partial charge in [-0.3, -0.25) is 19.4 Å². The van der Waals surface area contributed by atoms with Gasteiger partial charge in [-0.15, -0.1) is 0 Å². The number of aliphatic hydroxyl groups excluding tert-OH is 2. The maximum atomic E-state index is 14.3. The van der Waals surface area contributed by atoms with Gasteiger partial charge in [0.1, 0.15) is 22.9 Å². The summed E-state index contributed by atoms with van der Waals surface area (Å²) in [6, 6.07) is 3.35. The number of aliphatic hydroxyl groups is 3. The lowest BCUT2D eigenvalue weighted by atomic mass is 9.55. The number of aromatic hydroxyl groups is 1. The van der Waals surface area contributed by atoms with Crippen LogP contribution in [-0.2, 0) is 16.0 Å². The summed E-state index contributed by atoms with van der Waals surface area (Å²) in [7, 11) is 3.48. The van der Waals surface area contributed by atoms with Gasteiger partial charge in [0.15, 0.2) is 5.78 Å². The number of amides is 1. The molecular weight excluding hydrogens is 570 g/mol. The first-order valence-corrected chi connectivity index (χ1v) is 15.7. The Bertz CT molecular complexity index is 1650. The molecular formula is C36H43N3O6. The third-order valence-corrected chi connectivity index (χ3v) is 10.6. The highest BCUT2D eigenvalue weighted by Crippen LogP contribution is 2.54. The largest absolute Gasteiger partial charge is 0.510 e. The van der Waals surface area contributed by atoms with E-state index in [0.29, 0.717) is 24.9 Å². The number of ketones is 1. The topological polar surface area (TPSA) is 148 Å². The van der Waals surface area contributed by atoms with Crippen LogP contribution in [0, 0.1) is 17.8 Å². The zero-order valence-electron chi connectivity index (χ0n) is 26.5. The van der Waals surface area contributed by atoms with Gasteiger partial charge >= 0.3 is 0 Å². The van der Waals surface area contributed by atoms with Crippen LogP contribution in [0.1, 0.15) is 50.3 Å². The molecule has 1 amide bonds. The molecule has 6 N–H and O–H groups in total. The van der Waals surface area contributed by atoms with Crippen LogP contribution in [-0.4, -0.2) is 86.3 Å². The number of phenolic OH excluding ortho intramolecular Hbond substituents is 1. The van der Waals surface area contributed by atoms with Crippen molar-refractivity contribution in [1.82, 2.24) is 9.80 Å². The average molecular weight is 614 g/mol. The van der Waals surface area contributed by atoms with Gasteiger partial charge in [0.05, 0.1) is 23.1 Å². The van der Waals surface area contributed by atoms with E-state index < -0.39 is 41.1 Å². The van der Waals surface area contributed by atoms with Crippen molar-refractivity contribution < 1.29 is 30.0 Å². The van der Waals surface area contributed by atoms with Crippen molar-refractivity contribution in [3.63, 3.8) is 0 Å². The molecule has 0 radical (unpaired) electrons. The van der Waals surface area contributed by atoms with Crippen LogP contribution in [0.2, 0.25) is 0 Å². The molecule has 0 aromatic heterocycles. The van der Waals surface area contributed by atoms with E-state index in [-0.39, 0.29) is 34.0 Å². The van der Waals surface area contributed by atoms with E-state index >= 15 is 0 Å². The summed E-state index contributed by atoms with van der Waals surface area (Å²) in [4.78, 5) is 30.9. The minimum Gasteiger partial charge on any atom is -0.510 e. The standard InChI is InChI=1S/C36H43N3O6/c1-18-10-11-19(2)39(18)17-20-8-6-7-9-21(14-20)23-12-13-26(40)28-24(23)15-22-16-25-29(33(42)27(22)32(28)41)36(3,45)30(35(37)44)34(43)31(25)38(4)5/h7-14,18-19,22,25,29,31,40-41,43,45H,6,15-17H2,1-5H3,(H2,37,44)/t18?,19?,22?,25?,29?,31-,36+/m0/s1. The Balaban J connectivity index is 1.44. The second-order valence-electron chi connectivity index (χ2n) is 13.6. The Hall–Kier alpha value is -3.92. The summed E-state index contributed by atoms with van der Waals surface area (Å²) in [6.45, 7) is 6.49. The van der Waals surface area contributed by atoms with E-state index in [4.69, 9.17) is 5.73 Å². The predicted octanol–water partition coefficient (Wildman–Crippen LogP) is 3.95. The van der Waals surface area contributed by atoms with Crippen LogP contribution in [0.25, 0.3) is 11.3 Å². The van der Waals surface area contributed by atoms with Gasteiger partial charge < -0.3 is 26.2 Å². The van der Waals surface area contributed by atoms with Gasteiger partial charge in [0.2, 0.25) is 0 Å². The SMILES string of the molecule is CC1C=CC(C)N1CC1=CCC=CC(c2ccc(O)c3c2CC2CC4C(C(=O)C2=C3O)[C@@](C)(O)C(C(N)=O)=C(O)[C@H]4N(C)C)=C1. The van der Waals surface area contributed by atoms with E-state index in [0.717, 1.165) is 29.7 Å². The lowest BCUT2D eigenvalue weighted by Gasteiger charge is -2.52. The first-order valence-electron chi connectivity index (χ1n) is 15.7. The zero-order valence-corrected chi connectivity index (χ0v) is 26.5. The van der Waals surface area contributed by atoms with Gasteiger partial charge in [-0.25, -0.2) is 0 Å². The second kappa shape index (κ2) is 11.2. The Morgan fingerprint density at radius 1 is 1.13 bits per heavy atom. The molecule has 1 fully saturated rings. The molecule has 9 heteroatoms. The van der Waals surface area contributed by atoms with E-state index in [9.17, 15) is 30.0 Å². The molecule has 1 aromatic carbocycles. The van der Waals surface area contributed by atoms with Crippen molar-refractivity contribution in [2.24, 2.45) is 23.5 Å². The molecule has 0 bridgehead atoms. The molecule has 7 atom stereocenters. The number of rotatable bonds is 5. The Morgan fingerprint density at radius 3 is 2.47 bits per heavy atom. The van der Waals surface area contributed by atoms with Crippen molar-refractivity contribution in [2.45, 2.75) is 63.8 Å². The molecule has 1 heterocycles. The maximum absolute atomic E-state index is 14.3. The highest BCUT2D eigenvalue weighted by Gasteiger charge is 2.60. The number of phenols is 1. The summed E-state index contributed by atoms with van der Waals surface area (Å²) in [5.74, 6) is -4.40. The van der Waals surface area contributed by atoms with Crippen LogP contribution >= 0.6 is 0 Å². The minimum atomic E-state index is -2.05. The van der Waals surface area contributed by atoms with Crippen molar-refractivity contribution in [2.75, 3.05) is 20.6 Å². The lowest BCUT2D eigenvalue weighted by Crippen LogP contribution is -2.61. The minimum absolute atomic E-state index is 0.134. The molecule has 45 heavy (non-hydrogen) atoms. The monoisotopic (exact) mass is 613 g/mol. The molecule has 1 aromatic rings. The molecule has 4 aliphatic carbocycles. The molecule has 5 unspecified atom stereocenters. The Kier molecular flexibility index (Phi) is 7.70. The smallest absolute Gasteiger partial charge is 0.251 e.